The van der Waals surface area contributed by atoms with Crippen LogP contribution in [0.1, 0.15) is 32.8 Å². The largest absolute Gasteiger partial charge is 0.488 e. The van der Waals surface area contributed by atoms with Gasteiger partial charge in [0.15, 0.2) is 0 Å². The van der Waals surface area contributed by atoms with Crippen molar-refractivity contribution in [3.05, 3.63) is 36.0 Å². The molecule has 1 aromatic carbocycles. The number of nitrogens with one attached hydrogen (secondary N) is 1. The van der Waals surface area contributed by atoms with E-state index in [2.05, 4.69) is 10.3 Å². The van der Waals surface area contributed by atoms with Crippen LogP contribution < -0.4 is 20.5 Å². The molecule has 3 rings (SSSR count). The number of fused-ring (bicyclic) bond motifs is 3. The highest BCUT2D eigenvalue weighted by Gasteiger charge is 2.46. The van der Waals surface area contributed by atoms with E-state index in [-0.39, 0.29) is 11.7 Å². The minimum atomic E-state index is -2.55. The molecule has 2 aromatic rings. The summed E-state index contributed by atoms with van der Waals surface area (Å²) in [7, 11) is 0. The molecule has 1 amide bonds. The second kappa shape index (κ2) is 7.38. The predicted molar refractivity (Wildman–Crippen MR) is 104 cm³/mol. The van der Waals surface area contributed by atoms with Crippen LogP contribution >= 0.6 is 0 Å². The van der Waals surface area contributed by atoms with Crippen LogP contribution in [0.4, 0.5) is 5.82 Å². The van der Waals surface area contributed by atoms with Crippen molar-refractivity contribution in [2.75, 3.05) is 5.32 Å². The molecule has 150 valence electrons. The van der Waals surface area contributed by atoms with Crippen LogP contribution in [-0.4, -0.2) is 33.1 Å². The Morgan fingerprint density at radius 2 is 2.11 bits per heavy atom. The second-order valence-electron chi connectivity index (χ2n) is 7.66. The fraction of sp³-hybridized carbons (Fsp3) is 0.400. The van der Waals surface area contributed by atoms with Crippen molar-refractivity contribution in [2.24, 2.45) is 11.7 Å². The first-order valence-corrected chi connectivity index (χ1v) is 9.02. The lowest BCUT2D eigenvalue weighted by Gasteiger charge is -2.38. The average molecular weight is 387 g/mol. The SMILES string of the molecule is CC(C)CC(C)(N)C(O)(O)Oc1ccc2c(c1)OCc1cnc(NC=O)cc1-2. The van der Waals surface area contributed by atoms with Crippen molar-refractivity contribution in [3.8, 4) is 22.6 Å². The maximum Gasteiger partial charge on any atom is 0.340 e. The van der Waals surface area contributed by atoms with Crippen LogP contribution in [0, 0.1) is 5.92 Å². The summed E-state index contributed by atoms with van der Waals surface area (Å²) in [5.41, 5.74) is 7.25. The number of aliphatic hydroxyl groups is 2. The minimum Gasteiger partial charge on any atom is -0.488 e. The molecule has 0 saturated carbocycles. The Kier molecular flexibility index (Phi) is 5.29. The summed E-state index contributed by atoms with van der Waals surface area (Å²) >= 11 is 0. The fourth-order valence-corrected chi connectivity index (χ4v) is 3.31. The Bertz CT molecular complexity index is 880. The first-order valence-electron chi connectivity index (χ1n) is 9.02. The van der Waals surface area contributed by atoms with E-state index in [0.29, 0.717) is 31.0 Å². The molecule has 1 aromatic heterocycles. The molecule has 1 aliphatic heterocycles. The lowest BCUT2D eigenvalue weighted by molar-refractivity contribution is -0.329. The van der Waals surface area contributed by atoms with E-state index in [1.807, 2.05) is 13.8 Å². The smallest absolute Gasteiger partial charge is 0.340 e. The number of amides is 1. The Labute approximate surface area is 163 Å². The highest BCUT2D eigenvalue weighted by molar-refractivity contribution is 5.79. The summed E-state index contributed by atoms with van der Waals surface area (Å²) < 4.78 is 11.2. The summed E-state index contributed by atoms with van der Waals surface area (Å²) in [4.78, 5) is 14.8. The number of carbonyl (C=O) groups is 1. The molecule has 0 spiro atoms. The predicted octanol–water partition coefficient (Wildman–Crippen LogP) is 1.99. The number of nitrogens with zero attached hydrogens (tertiary/aromatic N) is 1. The normalized spacial score (nSPS) is 15.1. The molecule has 0 saturated heterocycles. The van der Waals surface area contributed by atoms with Crippen molar-refractivity contribution in [1.29, 1.82) is 0 Å². The second-order valence-corrected chi connectivity index (χ2v) is 7.66. The lowest BCUT2D eigenvalue weighted by atomic mass is 9.89. The third kappa shape index (κ3) is 3.94. The van der Waals surface area contributed by atoms with E-state index in [1.165, 1.54) is 6.92 Å². The average Bonchev–Trinajstić information content (AvgIpc) is 2.60. The zero-order valence-electron chi connectivity index (χ0n) is 16.1. The van der Waals surface area contributed by atoms with E-state index in [4.69, 9.17) is 15.2 Å². The molecule has 8 nitrogen and oxygen atoms in total. The van der Waals surface area contributed by atoms with Crippen molar-refractivity contribution >= 4 is 12.2 Å². The van der Waals surface area contributed by atoms with Gasteiger partial charge in [-0.1, -0.05) is 13.8 Å². The molecule has 2 heterocycles. The quantitative estimate of drug-likeness (QED) is 0.423. The summed E-state index contributed by atoms with van der Waals surface area (Å²) in [6.45, 7) is 5.71. The molecule has 1 unspecified atom stereocenters. The van der Waals surface area contributed by atoms with Gasteiger partial charge in [0, 0.05) is 23.4 Å². The molecule has 0 fully saturated rings. The van der Waals surface area contributed by atoms with Gasteiger partial charge < -0.3 is 30.7 Å². The molecule has 1 atom stereocenters. The minimum absolute atomic E-state index is 0.156. The number of anilines is 1. The van der Waals surface area contributed by atoms with Gasteiger partial charge in [-0.2, -0.15) is 0 Å². The van der Waals surface area contributed by atoms with Crippen LogP contribution in [0.5, 0.6) is 11.5 Å². The van der Waals surface area contributed by atoms with Gasteiger partial charge in [-0.3, -0.25) is 4.79 Å². The molecule has 0 aliphatic carbocycles. The molecule has 8 heteroatoms. The number of pyridine rings is 1. The zero-order chi connectivity index (χ0) is 20.5. The third-order valence-corrected chi connectivity index (χ3v) is 4.66. The van der Waals surface area contributed by atoms with Gasteiger partial charge in [-0.15, -0.1) is 0 Å². The van der Waals surface area contributed by atoms with Crippen LogP contribution in [-0.2, 0) is 11.4 Å². The fourth-order valence-electron chi connectivity index (χ4n) is 3.31. The highest BCUT2D eigenvalue weighted by atomic mass is 16.8. The van der Waals surface area contributed by atoms with Crippen LogP contribution in [0.15, 0.2) is 30.5 Å². The van der Waals surface area contributed by atoms with E-state index in [9.17, 15) is 15.0 Å². The third-order valence-electron chi connectivity index (χ3n) is 4.66. The number of hydrogen-bond acceptors (Lipinski definition) is 7. The molecular formula is C20H25N3O5. The van der Waals surface area contributed by atoms with Gasteiger partial charge >= 0.3 is 5.97 Å². The van der Waals surface area contributed by atoms with Crippen LogP contribution in [0.25, 0.3) is 11.1 Å². The molecular weight excluding hydrogens is 362 g/mol. The van der Waals surface area contributed by atoms with Gasteiger partial charge in [-0.05, 0) is 43.0 Å². The number of carbonyl (C=O) groups excluding carboxylic acids is 1. The van der Waals surface area contributed by atoms with Crippen molar-refractivity contribution < 1.29 is 24.5 Å². The van der Waals surface area contributed by atoms with Crippen molar-refractivity contribution in [3.63, 3.8) is 0 Å². The Morgan fingerprint density at radius 3 is 2.79 bits per heavy atom. The summed E-state index contributed by atoms with van der Waals surface area (Å²) in [6.07, 6.45) is 2.57. The molecule has 0 radical (unpaired) electrons. The van der Waals surface area contributed by atoms with Crippen LogP contribution in [0.3, 0.4) is 0 Å². The summed E-state index contributed by atoms with van der Waals surface area (Å²) in [5.74, 6) is -1.23. The Balaban J connectivity index is 1.89. The summed E-state index contributed by atoms with van der Waals surface area (Å²) in [6, 6.07) is 6.70. The monoisotopic (exact) mass is 387 g/mol. The number of ether oxygens (including phenoxy) is 2. The van der Waals surface area contributed by atoms with E-state index in [1.54, 1.807) is 30.5 Å². The first kappa shape index (κ1) is 20.1. The van der Waals surface area contributed by atoms with E-state index < -0.39 is 11.5 Å². The molecule has 5 N–H and O–H groups in total. The van der Waals surface area contributed by atoms with Gasteiger partial charge in [0.2, 0.25) is 6.41 Å². The van der Waals surface area contributed by atoms with Gasteiger partial charge in [0.1, 0.15) is 29.5 Å². The number of rotatable bonds is 7. The topological polar surface area (TPSA) is 127 Å². The van der Waals surface area contributed by atoms with E-state index >= 15 is 0 Å². The number of hydrogen-bond donors (Lipinski definition) is 4. The Hall–Kier alpha value is -2.68. The lowest BCUT2D eigenvalue weighted by Crippen LogP contribution is -2.62. The van der Waals surface area contributed by atoms with Crippen LogP contribution in [0.2, 0.25) is 0 Å². The number of aromatic nitrogens is 1. The highest BCUT2D eigenvalue weighted by Crippen LogP contribution is 2.41. The zero-order valence-corrected chi connectivity index (χ0v) is 16.1. The summed E-state index contributed by atoms with van der Waals surface area (Å²) in [5, 5.41) is 23.4. The number of nitrogens with two attached hydrogens (primary N) is 1. The standard InChI is InChI=1S/C20H25N3O5/c1-12(2)8-19(3,21)20(25,26)28-14-4-5-15-16-7-18(23-11-24)22-9-13(16)10-27-17(15)6-14/h4-7,9,11-12,25-26H,8,10,21H2,1-3H3,(H,22,23,24). The Morgan fingerprint density at radius 1 is 1.36 bits per heavy atom. The van der Waals surface area contributed by atoms with Gasteiger partial charge in [0.05, 0.1) is 0 Å². The molecule has 0 bridgehead atoms. The molecule has 1 aliphatic rings. The van der Waals surface area contributed by atoms with E-state index in [0.717, 1.165) is 16.7 Å². The van der Waals surface area contributed by atoms with Gasteiger partial charge in [0.25, 0.3) is 0 Å². The molecule has 28 heavy (non-hydrogen) atoms. The maximum absolute atomic E-state index is 10.7. The first-order chi connectivity index (χ1) is 13.1. The van der Waals surface area contributed by atoms with Gasteiger partial charge in [-0.25, -0.2) is 4.98 Å². The number of benzene rings is 1. The van der Waals surface area contributed by atoms with Crippen molar-refractivity contribution in [2.45, 2.75) is 45.3 Å². The maximum atomic E-state index is 10.7. The van der Waals surface area contributed by atoms with Crippen molar-refractivity contribution in [1.82, 2.24) is 4.98 Å².